The molecule has 6 nitrogen and oxygen atoms in total. The summed E-state index contributed by atoms with van der Waals surface area (Å²) in [6.45, 7) is 11.4. The van der Waals surface area contributed by atoms with Gasteiger partial charge in [0.05, 0.1) is 6.54 Å². The van der Waals surface area contributed by atoms with Gasteiger partial charge in [0.15, 0.2) is 0 Å². The van der Waals surface area contributed by atoms with Crippen LogP contribution in [0.3, 0.4) is 0 Å². The van der Waals surface area contributed by atoms with Crippen molar-refractivity contribution in [3.8, 4) is 0 Å². The third-order valence-electron chi connectivity index (χ3n) is 2.79. The molecule has 2 unspecified atom stereocenters. The third kappa shape index (κ3) is 5.30. The fraction of sp³-hybridized carbons (Fsp3) is 0.917. The SMILES string of the molecule is CC(CN1CCNCC1)[NH+]([O-])C(=O)OC(C)(C)C. The number of hydrogen-bond acceptors (Lipinski definition) is 5. The van der Waals surface area contributed by atoms with Crippen LogP contribution in [-0.4, -0.2) is 55.4 Å². The van der Waals surface area contributed by atoms with E-state index in [9.17, 15) is 10.0 Å². The molecule has 0 spiro atoms. The number of hydroxylamine groups is 2. The second-order valence-electron chi connectivity index (χ2n) is 5.82. The molecule has 2 N–H and O–H groups in total. The molecule has 1 aliphatic rings. The average molecular weight is 259 g/mol. The zero-order valence-electron chi connectivity index (χ0n) is 11.8. The molecule has 0 aromatic rings. The normalized spacial score (nSPS) is 21.4. The highest BCUT2D eigenvalue weighted by atomic mass is 16.6. The Balaban J connectivity index is 2.39. The summed E-state index contributed by atoms with van der Waals surface area (Å²) in [6.07, 6.45) is -0.717. The molecule has 1 rings (SSSR count). The lowest BCUT2D eigenvalue weighted by Gasteiger charge is -2.33. The number of piperazine rings is 1. The van der Waals surface area contributed by atoms with Crippen LogP contribution >= 0.6 is 0 Å². The third-order valence-corrected chi connectivity index (χ3v) is 2.79. The van der Waals surface area contributed by atoms with Crippen LogP contribution in [0.15, 0.2) is 0 Å². The Kier molecular flexibility index (Phi) is 5.52. The van der Waals surface area contributed by atoms with Gasteiger partial charge in [-0.1, -0.05) is 0 Å². The minimum atomic E-state index is -0.717. The molecule has 18 heavy (non-hydrogen) atoms. The first-order chi connectivity index (χ1) is 8.29. The van der Waals surface area contributed by atoms with Crippen LogP contribution in [-0.2, 0) is 4.74 Å². The molecule has 1 amide bonds. The fourth-order valence-electron chi connectivity index (χ4n) is 1.89. The van der Waals surface area contributed by atoms with Gasteiger partial charge in [-0.15, -0.1) is 0 Å². The largest absolute Gasteiger partial charge is 0.624 e. The van der Waals surface area contributed by atoms with Crippen LogP contribution in [0.2, 0.25) is 0 Å². The summed E-state index contributed by atoms with van der Waals surface area (Å²) in [4.78, 5) is 13.8. The molecule has 1 fully saturated rings. The number of hydrogen-bond donors (Lipinski definition) is 2. The van der Waals surface area contributed by atoms with Gasteiger partial charge in [-0.05, 0) is 27.7 Å². The van der Waals surface area contributed by atoms with Crippen molar-refractivity contribution in [2.24, 2.45) is 0 Å². The van der Waals surface area contributed by atoms with Gasteiger partial charge in [0.1, 0.15) is 11.6 Å². The van der Waals surface area contributed by atoms with Crippen LogP contribution < -0.4 is 10.4 Å². The van der Waals surface area contributed by atoms with E-state index in [0.717, 1.165) is 26.2 Å². The molecule has 6 heteroatoms. The number of quaternary nitrogens is 1. The summed E-state index contributed by atoms with van der Waals surface area (Å²) in [5, 5.41) is 14.7. The average Bonchev–Trinajstić information content (AvgIpc) is 2.27. The maximum Gasteiger partial charge on any atom is 0.515 e. The van der Waals surface area contributed by atoms with E-state index in [4.69, 9.17) is 4.74 Å². The number of carbonyl (C=O) groups excluding carboxylic acids is 1. The second kappa shape index (κ2) is 6.47. The summed E-state index contributed by atoms with van der Waals surface area (Å²) < 4.78 is 5.09. The van der Waals surface area contributed by atoms with Gasteiger partial charge in [-0.3, -0.25) is 9.96 Å². The minimum absolute atomic E-state index is 0.307. The lowest BCUT2D eigenvalue weighted by molar-refractivity contribution is -0.796. The van der Waals surface area contributed by atoms with E-state index in [2.05, 4.69) is 10.2 Å². The van der Waals surface area contributed by atoms with Gasteiger partial charge in [0.2, 0.25) is 0 Å². The summed E-state index contributed by atoms with van der Waals surface area (Å²) in [5.74, 6) is 0. The Hall–Kier alpha value is -0.690. The number of nitrogens with zero attached hydrogens (tertiary/aromatic N) is 1. The van der Waals surface area contributed by atoms with Gasteiger partial charge < -0.3 is 15.3 Å². The van der Waals surface area contributed by atoms with Gasteiger partial charge >= 0.3 is 6.09 Å². The predicted molar refractivity (Wildman–Crippen MR) is 69.3 cm³/mol. The van der Waals surface area contributed by atoms with Gasteiger partial charge in [0.25, 0.3) is 0 Å². The van der Waals surface area contributed by atoms with Crippen molar-refractivity contribution in [1.82, 2.24) is 10.2 Å². The van der Waals surface area contributed by atoms with E-state index in [0.29, 0.717) is 6.54 Å². The van der Waals surface area contributed by atoms with Crippen LogP contribution in [0.25, 0.3) is 0 Å². The van der Waals surface area contributed by atoms with E-state index in [-0.39, 0.29) is 6.04 Å². The van der Waals surface area contributed by atoms with E-state index in [1.807, 2.05) is 0 Å². The number of ether oxygens (including phenoxy) is 1. The summed E-state index contributed by atoms with van der Waals surface area (Å²) in [5.41, 5.74) is -0.610. The molecule has 0 bridgehead atoms. The lowest BCUT2D eigenvalue weighted by Crippen LogP contribution is -3.14. The van der Waals surface area contributed by atoms with Crippen LogP contribution in [0.5, 0.6) is 0 Å². The monoisotopic (exact) mass is 259 g/mol. The first-order valence-corrected chi connectivity index (χ1v) is 6.50. The number of nitrogens with one attached hydrogen (secondary N) is 2. The van der Waals surface area contributed by atoms with E-state index in [1.165, 1.54) is 0 Å². The Labute approximate surface area is 109 Å². The second-order valence-corrected chi connectivity index (χ2v) is 5.82. The van der Waals surface area contributed by atoms with Crippen molar-refractivity contribution in [3.63, 3.8) is 0 Å². The molecule has 0 aromatic heterocycles. The van der Waals surface area contributed by atoms with Crippen molar-refractivity contribution in [3.05, 3.63) is 5.21 Å². The summed E-state index contributed by atoms with van der Waals surface area (Å²) in [7, 11) is 0. The predicted octanol–water partition coefficient (Wildman–Crippen LogP) is -0.402. The molecule has 2 atom stereocenters. The Morgan fingerprint density at radius 1 is 1.44 bits per heavy atom. The number of rotatable bonds is 3. The highest BCUT2D eigenvalue weighted by Crippen LogP contribution is 2.05. The zero-order chi connectivity index (χ0) is 13.8. The van der Waals surface area contributed by atoms with E-state index in [1.54, 1.807) is 27.7 Å². The molecule has 1 saturated heterocycles. The molecular weight excluding hydrogens is 234 g/mol. The molecule has 0 saturated carbocycles. The Bertz CT molecular complexity index is 272. The molecular formula is C12H25N3O3. The van der Waals surface area contributed by atoms with Crippen molar-refractivity contribution in [1.29, 1.82) is 0 Å². The van der Waals surface area contributed by atoms with Crippen molar-refractivity contribution in [2.75, 3.05) is 32.7 Å². The topological polar surface area (TPSA) is 69.1 Å². The molecule has 1 heterocycles. The quantitative estimate of drug-likeness (QED) is 0.675. The summed E-state index contributed by atoms with van der Waals surface area (Å²) >= 11 is 0. The Morgan fingerprint density at radius 3 is 2.50 bits per heavy atom. The van der Waals surface area contributed by atoms with Gasteiger partial charge in [-0.25, -0.2) is 0 Å². The molecule has 0 aromatic carbocycles. The molecule has 0 radical (unpaired) electrons. The van der Waals surface area contributed by atoms with Gasteiger partial charge in [0, 0.05) is 26.2 Å². The first-order valence-electron chi connectivity index (χ1n) is 6.50. The molecule has 1 aliphatic heterocycles. The molecule has 0 aliphatic carbocycles. The van der Waals surface area contributed by atoms with Crippen molar-refractivity contribution >= 4 is 6.09 Å². The smallest absolute Gasteiger partial charge is 0.515 e. The number of alkyl carbamates (subject to hydrolysis) is 1. The maximum absolute atomic E-state index is 11.9. The van der Waals surface area contributed by atoms with Crippen LogP contribution in [0.4, 0.5) is 4.79 Å². The highest BCUT2D eigenvalue weighted by molar-refractivity contribution is 5.57. The van der Waals surface area contributed by atoms with E-state index >= 15 is 0 Å². The number of amides is 1. The van der Waals surface area contributed by atoms with Crippen molar-refractivity contribution in [2.45, 2.75) is 39.3 Å². The van der Waals surface area contributed by atoms with Crippen LogP contribution in [0.1, 0.15) is 27.7 Å². The Morgan fingerprint density at radius 2 is 2.00 bits per heavy atom. The first kappa shape index (κ1) is 15.4. The lowest BCUT2D eigenvalue weighted by atomic mass is 10.2. The number of carbonyl (C=O) groups is 1. The van der Waals surface area contributed by atoms with E-state index < -0.39 is 16.8 Å². The minimum Gasteiger partial charge on any atom is -0.624 e. The standard InChI is InChI=1S/C12H25N3O3/c1-10(9-14-7-5-13-6-8-14)15(17)11(16)18-12(2,3)4/h10,13,15H,5-9H2,1-4H3. The zero-order valence-corrected chi connectivity index (χ0v) is 11.8. The maximum atomic E-state index is 11.9. The fourth-order valence-corrected chi connectivity index (χ4v) is 1.89. The van der Waals surface area contributed by atoms with Gasteiger partial charge in [-0.2, -0.15) is 4.79 Å². The van der Waals surface area contributed by atoms with Crippen molar-refractivity contribution < 1.29 is 14.6 Å². The summed E-state index contributed by atoms with van der Waals surface area (Å²) in [6, 6.07) is -0.307. The van der Waals surface area contributed by atoms with Crippen LogP contribution in [0, 0.1) is 5.21 Å². The molecule has 106 valence electrons. The highest BCUT2D eigenvalue weighted by Gasteiger charge is 2.27.